The van der Waals surface area contributed by atoms with Gasteiger partial charge in [0.15, 0.2) is 0 Å². The molecule has 0 amide bonds. The van der Waals surface area contributed by atoms with E-state index in [9.17, 15) is 0 Å². The van der Waals surface area contributed by atoms with Crippen LogP contribution in [0.15, 0.2) is 23.3 Å². The Morgan fingerprint density at radius 2 is 1.82 bits per heavy atom. The SMILES string of the molecule is CC1=CC([SiH](C)C)C(C)=C1.[Hf]. The van der Waals surface area contributed by atoms with E-state index in [0.29, 0.717) is 0 Å². The van der Waals surface area contributed by atoms with Crippen molar-refractivity contribution in [1.29, 1.82) is 0 Å². The average Bonchev–Trinajstić information content (AvgIpc) is 2.10. The van der Waals surface area contributed by atoms with Crippen LogP contribution < -0.4 is 0 Å². The summed E-state index contributed by atoms with van der Waals surface area (Å²) in [7, 11) is -0.464. The van der Waals surface area contributed by atoms with Crippen LogP contribution in [0.3, 0.4) is 0 Å². The van der Waals surface area contributed by atoms with Gasteiger partial charge in [-0.25, -0.2) is 0 Å². The molecule has 0 aliphatic heterocycles. The summed E-state index contributed by atoms with van der Waals surface area (Å²) < 4.78 is 0. The monoisotopic (exact) mass is 332 g/mol. The van der Waals surface area contributed by atoms with E-state index in [1.807, 2.05) is 0 Å². The number of allylic oxidation sites excluding steroid dienone is 4. The zero-order valence-electron chi connectivity index (χ0n) is 7.81. The number of rotatable bonds is 1. The maximum Gasteiger partial charge on any atom is 0.0431 e. The quantitative estimate of drug-likeness (QED) is 0.649. The summed E-state index contributed by atoms with van der Waals surface area (Å²) in [5.74, 6) is 0. The molecule has 0 spiro atoms. The van der Waals surface area contributed by atoms with Gasteiger partial charge in [0.25, 0.3) is 0 Å². The Balaban J connectivity index is 0.000001000. The van der Waals surface area contributed by atoms with E-state index in [0.717, 1.165) is 5.54 Å². The van der Waals surface area contributed by atoms with Gasteiger partial charge in [-0.05, 0) is 19.4 Å². The predicted octanol–water partition coefficient (Wildman–Crippen LogP) is 2.75. The number of hydrogen-bond donors (Lipinski definition) is 0. The second kappa shape index (κ2) is 4.56. The van der Waals surface area contributed by atoms with Crippen molar-refractivity contribution in [2.45, 2.75) is 32.5 Å². The Kier molecular flexibility index (Phi) is 4.79. The Bertz CT molecular complexity index is 192. The van der Waals surface area contributed by atoms with Gasteiger partial charge in [-0.3, -0.25) is 0 Å². The molecule has 0 heterocycles. The molecule has 1 unspecified atom stereocenters. The van der Waals surface area contributed by atoms with Crippen molar-refractivity contribution in [3.05, 3.63) is 23.3 Å². The fourth-order valence-corrected chi connectivity index (χ4v) is 3.47. The molecular weight excluding hydrogens is 315 g/mol. The second-order valence-corrected chi connectivity index (χ2v) is 6.78. The van der Waals surface area contributed by atoms with Crippen molar-refractivity contribution in [3.63, 3.8) is 0 Å². The first-order valence-electron chi connectivity index (χ1n) is 3.98. The van der Waals surface area contributed by atoms with E-state index >= 15 is 0 Å². The van der Waals surface area contributed by atoms with E-state index in [1.165, 1.54) is 5.57 Å². The van der Waals surface area contributed by atoms with Crippen LogP contribution in [0.5, 0.6) is 0 Å². The molecule has 0 saturated carbocycles. The molecule has 0 bridgehead atoms. The van der Waals surface area contributed by atoms with Crippen LogP contribution in [0, 0.1) is 0 Å². The minimum atomic E-state index is -0.464. The van der Waals surface area contributed by atoms with Crippen LogP contribution in [0.4, 0.5) is 0 Å². The molecule has 0 saturated heterocycles. The first kappa shape index (κ1) is 11.6. The van der Waals surface area contributed by atoms with Crippen molar-refractivity contribution < 1.29 is 25.8 Å². The van der Waals surface area contributed by atoms with Gasteiger partial charge in [-0.1, -0.05) is 36.4 Å². The molecule has 1 atom stereocenters. The molecule has 0 radical (unpaired) electrons. The van der Waals surface area contributed by atoms with Gasteiger partial charge in [0, 0.05) is 34.6 Å². The van der Waals surface area contributed by atoms with E-state index in [4.69, 9.17) is 0 Å². The van der Waals surface area contributed by atoms with E-state index < -0.39 is 8.80 Å². The molecular formula is C9H16HfSi. The van der Waals surface area contributed by atoms with Crippen LogP contribution >= 0.6 is 0 Å². The third-order valence-corrected chi connectivity index (χ3v) is 4.30. The molecule has 60 valence electrons. The van der Waals surface area contributed by atoms with Gasteiger partial charge >= 0.3 is 0 Å². The minimum Gasteiger partial charge on any atom is -0.0775 e. The van der Waals surface area contributed by atoms with Crippen LogP contribution in [-0.4, -0.2) is 8.80 Å². The molecule has 1 aliphatic rings. The van der Waals surface area contributed by atoms with Gasteiger partial charge in [0.2, 0.25) is 0 Å². The predicted molar refractivity (Wildman–Crippen MR) is 50.1 cm³/mol. The summed E-state index contributed by atoms with van der Waals surface area (Å²) in [6.45, 7) is 9.28. The van der Waals surface area contributed by atoms with Crippen molar-refractivity contribution in [3.8, 4) is 0 Å². The minimum absolute atomic E-state index is 0. The molecule has 0 nitrogen and oxygen atoms in total. The third kappa shape index (κ3) is 2.83. The van der Waals surface area contributed by atoms with Gasteiger partial charge in [0.05, 0.1) is 0 Å². The van der Waals surface area contributed by atoms with Crippen LogP contribution in [-0.2, 0) is 25.8 Å². The van der Waals surface area contributed by atoms with Crippen molar-refractivity contribution in [2.24, 2.45) is 0 Å². The van der Waals surface area contributed by atoms with Crippen LogP contribution in [0.2, 0.25) is 18.6 Å². The summed E-state index contributed by atoms with van der Waals surface area (Å²) in [6.07, 6.45) is 4.74. The zero-order valence-corrected chi connectivity index (χ0v) is 12.6. The maximum atomic E-state index is 2.42. The summed E-state index contributed by atoms with van der Waals surface area (Å²) >= 11 is 0. The van der Waals surface area contributed by atoms with Crippen molar-refractivity contribution in [2.75, 3.05) is 0 Å². The first-order chi connectivity index (χ1) is 4.61. The molecule has 0 aromatic carbocycles. The average molecular weight is 331 g/mol. The van der Waals surface area contributed by atoms with Crippen LogP contribution in [0.25, 0.3) is 0 Å². The number of hydrogen-bond acceptors (Lipinski definition) is 0. The van der Waals surface area contributed by atoms with E-state index in [2.05, 4.69) is 39.1 Å². The topological polar surface area (TPSA) is 0 Å². The molecule has 0 aromatic heterocycles. The molecule has 11 heavy (non-hydrogen) atoms. The molecule has 2 heteroatoms. The summed E-state index contributed by atoms with van der Waals surface area (Å²) in [4.78, 5) is 0. The van der Waals surface area contributed by atoms with E-state index in [-0.39, 0.29) is 25.8 Å². The van der Waals surface area contributed by atoms with Crippen molar-refractivity contribution >= 4 is 8.80 Å². The Labute approximate surface area is 90.2 Å². The third-order valence-electron chi connectivity index (χ3n) is 2.14. The molecule has 1 aliphatic carbocycles. The fourth-order valence-electron chi connectivity index (χ4n) is 1.64. The molecule has 1 rings (SSSR count). The van der Waals surface area contributed by atoms with Gasteiger partial charge in [-0.2, -0.15) is 0 Å². The second-order valence-electron chi connectivity index (χ2n) is 3.57. The first-order valence-corrected chi connectivity index (χ1v) is 6.95. The Hall–Kier alpha value is 0.567. The fraction of sp³-hybridized carbons (Fsp3) is 0.556. The van der Waals surface area contributed by atoms with Crippen LogP contribution in [0.1, 0.15) is 13.8 Å². The largest absolute Gasteiger partial charge is 0.0775 e. The van der Waals surface area contributed by atoms with Gasteiger partial charge < -0.3 is 0 Å². The molecule has 0 N–H and O–H groups in total. The summed E-state index contributed by atoms with van der Waals surface area (Å²) in [5.41, 5.74) is 3.89. The van der Waals surface area contributed by atoms with E-state index in [1.54, 1.807) is 5.57 Å². The van der Waals surface area contributed by atoms with Gasteiger partial charge in [0.1, 0.15) is 0 Å². The van der Waals surface area contributed by atoms with Gasteiger partial charge in [-0.15, -0.1) is 0 Å². The zero-order chi connectivity index (χ0) is 7.72. The maximum absolute atomic E-state index is 2.42. The van der Waals surface area contributed by atoms with Crippen molar-refractivity contribution in [1.82, 2.24) is 0 Å². The molecule has 0 fully saturated rings. The molecule has 0 aromatic rings. The Morgan fingerprint density at radius 3 is 2.00 bits per heavy atom. The smallest absolute Gasteiger partial charge is 0.0431 e. The summed E-state index contributed by atoms with van der Waals surface area (Å²) in [5, 5.41) is 0. The summed E-state index contributed by atoms with van der Waals surface area (Å²) in [6, 6.07) is 0. The standard InChI is InChI=1S/C9H16Si.Hf/c1-7-5-8(2)9(6-7)10(3)4;/h5-6,9-10H,1-4H3;. The normalized spacial score (nSPS) is 22.8. The Morgan fingerprint density at radius 1 is 1.27 bits per heavy atom.